The molecule has 0 fully saturated rings. The average Bonchev–Trinajstić information content (AvgIpc) is 2.21. The number of carbonyl (C=O) groups excluding carboxylic acids is 3. The van der Waals surface area contributed by atoms with E-state index in [0.717, 1.165) is 0 Å². The number of ether oxygens (including phenoxy) is 4. The van der Waals surface area contributed by atoms with Crippen molar-refractivity contribution in [3.05, 3.63) is 0 Å². The normalized spacial score (nSPS) is 11.6. The summed E-state index contributed by atoms with van der Waals surface area (Å²) in [6.45, 7) is 10.0. The first-order chi connectivity index (χ1) is 9.98. The summed E-state index contributed by atoms with van der Waals surface area (Å²) < 4.78 is 50.1. The molecule has 0 saturated carbocycles. The van der Waals surface area contributed by atoms with Gasteiger partial charge < -0.3 is 18.9 Å². The van der Waals surface area contributed by atoms with Crippen LogP contribution in [-0.4, -0.2) is 42.8 Å². The SMILES string of the molecule is CC(C)(C)OC(=O)OC(=O)OC(C)(C)C.COC(=O)C(F)(F)F. The molecule has 0 unspecified atom stereocenters. The van der Waals surface area contributed by atoms with Gasteiger partial charge in [0, 0.05) is 0 Å². The molecule has 0 atom stereocenters. The molecule has 0 heterocycles. The minimum Gasteiger partial charge on any atom is -0.462 e. The van der Waals surface area contributed by atoms with E-state index in [9.17, 15) is 27.6 Å². The van der Waals surface area contributed by atoms with Crippen LogP contribution in [0.4, 0.5) is 22.8 Å². The Morgan fingerprint density at radius 2 is 1.04 bits per heavy atom. The minimum absolute atomic E-state index is 0.676. The first-order valence-corrected chi connectivity index (χ1v) is 6.27. The van der Waals surface area contributed by atoms with Gasteiger partial charge in [0.05, 0.1) is 7.11 Å². The fraction of sp³-hybridized carbons (Fsp3) is 0.769. The van der Waals surface area contributed by atoms with Crippen molar-refractivity contribution in [1.82, 2.24) is 0 Å². The lowest BCUT2D eigenvalue weighted by Crippen LogP contribution is -2.29. The number of alkyl halides is 3. The van der Waals surface area contributed by atoms with Crippen molar-refractivity contribution in [3.63, 3.8) is 0 Å². The first kappa shape index (κ1) is 23.3. The van der Waals surface area contributed by atoms with Crippen LogP contribution < -0.4 is 0 Å². The Balaban J connectivity index is 0. The van der Waals surface area contributed by atoms with Crippen LogP contribution in [0, 0.1) is 0 Å². The highest BCUT2D eigenvalue weighted by atomic mass is 19.4. The fourth-order valence-electron chi connectivity index (χ4n) is 0.725. The summed E-state index contributed by atoms with van der Waals surface area (Å²) in [5.41, 5.74) is -1.39. The molecular formula is C13H21F3O7. The molecule has 0 aromatic heterocycles. The molecule has 0 amide bonds. The topological polar surface area (TPSA) is 88.1 Å². The second-order valence-electron chi connectivity index (χ2n) is 6.02. The van der Waals surface area contributed by atoms with Gasteiger partial charge in [-0.05, 0) is 41.5 Å². The molecule has 0 aliphatic rings. The quantitative estimate of drug-likeness (QED) is 0.376. The number of hydrogen-bond acceptors (Lipinski definition) is 7. The molecule has 10 heteroatoms. The Morgan fingerprint density at radius 3 is 1.17 bits per heavy atom. The molecule has 0 spiro atoms. The molecular weight excluding hydrogens is 325 g/mol. The van der Waals surface area contributed by atoms with Crippen LogP contribution in [0.3, 0.4) is 0 Å². The Kier molecular flexibility index (Phi) is 8.69. The van der Waals surface area contributed by atoms with E-state index in [4.69, 9.17) is 9.47 Å². The summed E-state index contributed by atoms with van der Waals surface area (Å²) in [5, 5.41) is 0. The van der Waals surface area contributed by atoms with Crippen molar-refractivity contribution < 1.29 is 46.5 Å². The molecule has 136 valence electrons. The van der Waals surface area contributed by atoms with Crippen LogP contribution in [0.2, 0.25) is 0 Å². The Labute approximate surface area is 132 Å². The van der Waals surface area contributed by atoms with E-state index in [1.165, 1.54) is 0 Å². The van der Waals surface area contributed by atoms with Crippen molar-refractivity contribution in [2.75, 3.05) is 7.11 Å². The zero-order valence-corrected chi connectivity index (χ0v) is 14.0. The van der Waals surface area contributed by atoms with Gasteiger partial charge in [0.15, 0.2) is 0 Å². The van der Waals surface area contributed by atoms with E-state index in [1.54, 1.807) is 41.5 Å². The molecule has 0 aromatic rings. The van der Waals surface area contributed by atoms with Crippen molar-refractivity contribution >= 4 is 18.3 Å². The molecule has 0 aliphatic carbocycles. The molecule has 0 radical (unpaired) electrons. The Morgan fingerprint density at radius 1 is 0.739 bits per heavy atom. The van der Waals surface area contributed by atoms with Crippen LogP contribution in [0.5, 0.6) is 0 Å². The largest absolute Gasteiger partial charge is 0.519 e. The molecule has 0 bridgehead atoms. The van der Waals surface area contributed by atoms with E-state index in [2.05, 4.69) is 9.47 Å². The second-order valence-corrected chi connectivity index (χ2v) is 6.02. The maximum Gasteiger partial charge on any atom is 0.519 e. The maximum atomic E-state index is 11.0. The summed E-state index contributed by atoms with van der Waals surface area (Å²) >= 11 is 0. The van der Waals surface area contributed by atoms with Crippen LogP contribution in [-0.2, 0) is 23.7 Å². The zero-order chi connectivity index (χ0) is 19.1. The van der Waals surface area contributed by atoms with Crippen molar-refractivity contribution in [1.29, 1.82) is 0 Å². The zero-order valence-electron chi connectivity index (χ0n) is 14.0. The average molecular weight is 346 g/mol. The number of methoxy groups -OCH3 is 1. The number of esters is 1. The van der Waals surface area contributed by atoms with Gasteiger partial charge in [-0.3, -0.25) is 0 Å². The van der Waals surface area contributed by atoms with E-state index in [-0.39, 0.29) is 0 Å². The molecule has 0 saturated heterocycles. The monoisotopic (exact) mass is 346 g/mol. The number of rotatable bonds is 0. The van der Waals surface area contributed by atoms with E-state index >= 15 is 0 Å². The third-order valence-corrected chi connectivity index (χ3v) is 1.36. The van der Waals surface area contributed by atoms with Gasteiger partial charge in [0.1, 0.15) is 11.2 Å². The summed E-state index contributed by atoms with van der Waals surface area (Å²) in [6, 6.07) is 0. The van der Waals surface area contributed by atoms with Crippen LogP contribution in [0.25, 0.3) is 0 Å². The lowest BCUT2D eigenvalue weighted by Gasteiger charge is -2.20. The van der Waals surface area contributed by atoms with Crippen LogP contribution in [0.1, 0.15) is 41.5 Å². The molecule has 0 rings (SSSR count). The summed E-state index contributed by atoms with van der Waals surface area (Å²) in [7, 11) is 0.676. The Hall–Kier alpha value is -2.00. The van der Waals surface area contributed by atoms with Gasteiger partial charge in [-0.2, -0.15) is 13.2 Å². The molecule has 7 nitrogen and oxygen atoms in total. The molecule has 0 N–H and O–H groups in total. The van der Waals surface area contributed by atoms with E-state index in [1.807, 2.05) is 0 Å². The number of carbonyl (C=O) groups is 3. The van der Waals surface area contributed by atoms with Crippen molar-refractivity contribution in [3.8, 4) is 0 Å². The highest BCUT2D eigenvalue weighted by Gasteiger charge is 2.40. The number of halogens is 3. The van der Waals surface area contributed by atoms with E-state index < -0.39 is 35.7 Å². The van der Waals surface area contributed by atoms with Gasteiger partial charge in [-0.1, -0.05) is 0 Å². The lowest BCUT2D eigenvalue weighted by atomic mass is 10.2. The third kappa shape index (κ3) is 16.2. The van der Waals surface area contributed by atoms with Crippen molar-refractivity contribution in [2.45, 2.75) is 58.9 Å². The van der Waals surface area contributed by atoms with Gasteiger partial charge in [0.25, 0.3) is 0 Å². The summed E-state index contributed by atoms with van der Waals surface area (Å²) in [6.07, 6.45) is -6.97. The van der Waals surface area contributed by atoms with Crippen molar-refractivity contribution in [2.24, 2.45) is 0 Å². The highest BCUT2D eigenvalue weighted by molar-refractivity contribution is 5.77. The Bertz CT molecular complexity index is 391. The highest BCUT2D eigenvalue weighted by Crippen LogP contribution is 2.15. The predicted octanol–water partition coefficient (Wildman–Crippen LogP) is 3.59. The molecule has 23 heavy (non-hydrogen) atoms. The molecule has 0 aliphatic heterocycles. The van der Waals surface area contributed by atoms with Crippen LogP contribution in [0.15, 0.2) is 0 Å². The maximum absolute atomic E-state index is 11.0. The molecule has 0 aromatic carbocycles. The van der Waals surface area contributed by atoms with Gasteiger partial charge in [-0.15, -0.1) is 0 Å². The lowest BCUT2D eigenvalue weighted by molar-refractivity contribution is -0.196. The van der Waals surface area contributed by atoms with Gasteiger partial charge >= 0.3 is 24.5 Å². The predicted molar refractivity (Wildman–Crippen MR) is 71.6 cm³/mol. The van der Waals surface area contributed by atoms with Gasteiger partial charge in [0.2, 0.25) is 0 Å². The first-order valence-electron chi connectivity index (χ1n) is 6.27. The van der Waals surface area contributed by atoms with E-state index in [0.29, 0.717) is 7.11 Å². The minimum atomic E-state index is -4.85. The standard InChI is InChI=1S/C10H18O5.C3H3F3O2/c1-9(2,3)14-7(11)13-8(12)15-10(4,5)6;1-8-2(7)3(4,5)6/h1-6H3;1H3. The fourth-order valence-corrected chi connectivity index (χ4v) is 0.725. The van der Waals surface area contributed by atoms with Crippen LogP contribution >= 0.6 is 0 Å². The second kappa shape index (κ2) is 8.59. The summed E-state index contributed by atoms with van der Waals surface area (Å²) in [4.78, 5) is 31.5. The number of hydrogen-bond donors (Lipinski definition) is 0. The third-order valence-electron chi connectivity index (χ3n) is 1.36. The summed E-state index contributed by atoms with van der Waals surface area (Å²) in [5.74, 6) is -2.17. The van der Waals surface area contributed by atoms with Gasteiger partial charge in [-0.25, -0.2) is 14.4 Å². The smallest absolute Gasteiger partial charge is 0.462 e.